The largest absolute Gasteiger partial charge is 0.480 e. The maximum absolute atomic E-state index is 12.6. The first-order chi connectivity index (χ1) is 14.0. The van der Waals surface area contributed by atoms with Crippen molar-refractivity contribution in [2.24, 2.45) is 5.10 Å². The summed E-state index contributed by atoms with van der Waals surface area (Å²) in [5, 5.41) is 19.7. The van der Waals surface area contributed by atoms with Crippen molar-refractivity contribution in [1.82, 2.24) is 15.6 Å². The van der Waals surface area contributed by atoms with Crippen LogP contribution in [0.1, 0.15) is 16.1 Å². The number of carboxylic acid groups (broad SMARTS) is 1. The molecule has 2 aromatic carbocycles. The summed E-state index contributed by atoms with van der Waals surface area (Å²) in [6.45, 7) is -0.496. The Balaban J connectivity index is 1.56. The molecule has 1 aliphatic rings. The van der Waals surface area contributed by atoms with Gasteiger partial charge in [-0.3, -0.25) is 24.4 Å². The molecule has 9 heteroatoms. The SMILES string of the molecule is O=C(O)CN1C(=O)/C(=N\NC(=O)c2cc(-c3ccccc3)n[nH]2)c2ccccc21. The van der Waals surface area contributed by atoms with E-state index in [-0.39, 0.29) is 11.4 Å². The van der Waals surface area contributed by atoms with Crippen LogP contribution in [-0.2, 0) is 9.59 Å². The highest BCUT2D eigenvalue weighted by molar-refractivity contribution is 6.54. The Kier molecular flexibility index (Phi) is 4.62. The fourth-order valence-corrected chi connectivity index (χ4v) is 3.02. The number of nitrogens with one attached hydrogen (secondary N) is 2. The normalized spacial score (nSPS) is 14.1. The molecule has 0 spiro atoms. The molecule has 0 unspecified atom stereocenters. The van der Waals surface area contributed by atoms with Crippen molar-refractivity contribution in [2.75, 3.05) is 11.4 Å². The summed E-state index contributed by atoms with van der Waals surface area (Å²) < 4.78 is 0. The lowest BCUT2D eigenvalue weighted by molar-refractivity contribution is -0.136. The number of anilines is 1. The summed E-state index contributed by atoms with van der Waals surface area (Å²) in [5.74, 6) is -2.32. The number of H-pyrrole nitrogens is 1. The average molecular weight is 389 g/mol. The first-order valence-corrected chi connectivity index (χ1v) is 8.66. The molecule has 0 bridgehead atoms. The van der Waals surface area contributed by atoms with Gasteiger partial charge >= 0.3 is 5.97 Å². The molecule has 144 valence electrons. The van der Waals surface area contributed by atoms with Crippen molar-refractivity contribution in [3.63, 3.8) is 0 Å². The molecular formula is C20H15N5O4. The number of aromatic nitrogens is 2. The quantitative estimate of drug-likeness (QED) is 0.572. The van der Waals surface area contributed by atoms with Gasteiger partial charge in [0, 0.05) is 11.1 Å². The number of rotatable bonds is 5. The van der Waals surface area contributed by atoms with Gasteiger partial charge in [0.05, 0.1) is 11.4 Å². The highest BCUT2D eigenvalue weighted by atomic mass is 16.4. The molecule has 3 N–H and O–H groups in total. The Hall–Kier alpha value is -4.27. The van der Waals surface area contributed by atoms with Gasteiger partial charge < -0.3 is 5.11 Å². The monoisotopic (exact) mass is 389 g/mol. The number of para-hydroxylation sites is 1. The van der Waals surface area contributed by atoms with E-state index in [9.17, 15) is 14.4 Å². The van der Waals surface area contributed by atoms with Gasteiger partial charge in [-0.2, -0.15) is 10.2 Å². The Morgan fingerprint density at radius 2 is 1.83 bits per heavy atom. The summed E-state index contributed by atoms with van der Waals surface area (Å²) in [6.07, 6.45) is 0. The van der Waals surface area contributed by atoms with Gasteiger partial charge in [-0.1, -0.05) is 48.5 Å². The summed E-state index contributed by atoms with van der Waals surface area (Å²) in [7, 11) is 0. The number of hydrogen-bond donors (Lipinski definition) is 3. The fraction of sp³-hybridized carbons (Fsp3) is 0.0500. The zero-order valence-electron chi connectivity index (χ0n) is 15.0. The lowest BCUT2D eigenvalue weighted by Crippen LogP contribution is -2.35. The number of carbonyl (C=O) groups is 3. The third-order valence-corrected chi connectivity index (χ3v) is 4.35. The van der Waals surface area contributed by atoms with E-state index in [1.165, 1.54) is 0 Å². The number of fused-ring (bicyclic) bond motifs is 1. The maximum Gasteiger partial charge on any atom is 0.323 e. The van der Waals surface area contributed by atoms with Crippen LogP contribution in [0.4, 0.5) is 5.69 Å². The summed E-state index contributed by atoms with van der Waals surface area (Å²) in [6, 6.07) is 17.6. The minimum absolute atomic E-state index is 0.0296. The molecule has 0 saturated heterocycles. The van der Waals surface area contributed by atoms with Crippen LogP contribution in [0, 0.1) is 0 Å². The van der Waals surface area contributed by atoms with E-state index in [0.29, 0.717) is 16.9 Å². The zero-order chi connectivity index (χ0) is 20.4. The fourth-order valence-electron chi connectivity index (χ4n) is 3.02. The highest BCUT2D eigenvalue weighted by Crippen LogP contribution is 2.28. The number of carboxylic acids is 1. The zero-order valence-corrected chi connectivity index (χ0v) is 15.0. The second-order valence-corrected chi connectivity index (χ2v) is 6.24. The van der Waals surface area contributed by atoms with Gasteiger partial charge in [-0.25, -0.2) is 5.43 Å². The molecule has 1 aliphatic heterocycles. The van der Waals surface area contributed by atoms with E-state index < -0.39 is 24.3 Å². The number of aliphatic carboxylic acids is 1. The number of nitrogens with zero attached hydrogens (tertiary/aromatic N) is 3. The van der Waals surface area contributed by atoms with E-state index in [2.05, 4.69) is 20.7 Å². The van der Waals surface area contributed by atoms with E-state index in [4.69, 9.17) is 5.11 Å². The molecule has 0 aliphatic carbocycles. The van der Waals surface area contributed by atoms with E-state index in [1.54, 1.807) is 30.3 Å². The number of hydrogen-bond acceptors (Lipinski definition) is 5. The molecule has 3 aromatic rings. The smallest absolute Gasteiger partial charge is 0.323 e. The number of amides is 2. The van der Waals surface area contributed by atoms with E-state index in [0.717, 1.165) is 10.5 Å². The Labute approximate surface area is 164 Å². The molecule has 29 heavy (non-hydrogen) atoms. The first-order valence-electron chi connectivity index (χ1n) is 8.66. The first kappa shape index (κ1) is 18.1. The number of carbonyl (C=O) groups excluding carboxylic acids is 2. The highest BCUT2D eigenvalue weighted by Gasteiger charge is 2.35. The van der Waals surface area contributed by atoms with Crippen molar-refractivity contribution in [1.29, 1.82) is 0 Å². The van der Waals surface area contributed by atoms with Crippen LogP contribution in [0.15, 0.2) is 65.8 Å². The Morgan fingerprint density at radius 3 is 2.59 bits per heavy atom. The molecule has 1 aromatic heterocycles. The molecule has 4 rings (SSSR count). The lowest BCUT2D eigenvalue weighted by atomic mass is 10.1. The van der Waals surface area contributed by atoms with Gasteiger partial charge in [0.2, 0.25) is 0 Å². The maximum atomic E-state index is 12.6. The van der Waals surface area contributed by atoms with E-state index >= 15 is 0 Å². The molecular weight excluding hydrogens is 374 g/mol. The van der Waals surface area contributed by atoms with Crippen molar-refractivity contribution in [3.8, 4) is 11.3 Å². The van der Waals surface area contributed by atoms with Gasteiger partial charge in [0.25, 0.3) is 11.8 Å². The van der Waals surface area contributed by atoms with Crippen LogP contribution < -0.4 is 10.3 Å². The van der Waals surface area contributed by atoms with Crippen molar-refractivity contribution >= 4 is 29.2 Å². The summed E-state index contributed by atoms with van der Waals surface area (Å²) >= 11 is 0. The predicted molar refractivity (Wildman–Crippen MR) is 104 cm³/mol. The van der Waals surface area contributed by atoms with E-state index in [1.807, 2.05) is 30.3 Å². The number of benzene rings is 2. The Bertz CT molecular complexity index is 1140. The van der Waals surface area contributed by atoms with Crippen LogP contribution in [-0.4, -0.2) is 45.3 Å². The van der Waals surface area contributed by atoms with Crippen LogP contribution in [0.25, 0.3) is 11.3 Å². The van der Waals surface area contributed by atoms with Crippen LogP contribution in [0.5, 0.6) is 0 Å². The van der Waals surface area contributed by atoms with Crippen molar-refractivity contribution in [3.05, 3.63) is 71.9 Å². The molecule has 0 saturated carbocycles. The van der Waals surface area contributed by atoms with Gasteiger partial charge in [-0.15, -0.1) is 0 Å². The molecule has 2 heterocycles. The standard InChI is InChI=1S/C20H15N5O4/c26-17(27)11-25-16-9-5-4-8-13(16)18(20(25)29)23-24-19(28)15-10-14(21-22-15)12-6-2-1-3-7-12/h1-10H,11H2,(H,21,22)(H,24,28)(H,26,27)/b23-18-. The van der Waals surface area contributed by atoms with Gasteiger partial charge in [0.1, 0.15) is 12.2 Å². The van der Waals surface area contributed by atoms with Gasteiger partial charge in [-0.05, 0) is 12.1 Å². The molecule has 0 fully saturated rings. The van der Waals surface area contributed by atoms with Crippen LogP contribution >= 0.6 is 0 Å². The molecule has 2 amide bonds. The minimum Gasteiger partial charge on any atom is -0.480 e. The Morgan fingerprint density at radius 1 is 1.10 bits per heavy atom. The average Bonchev–Trinajstić information content (AvgIpc) is 3.32. The lowest BCUT2D eigenvalue weighted by Gasteiger charge is -2.13. The molecule has 0 radical (unpaired) electrons. The van der Waals surface area contributed by atoms with Crippen molar-refractivity contribution in [2.45, 2.75) is 0 Å². The van der Waals surface area contributed by atoms with Crippen molar-refractivity contribution < 1.29 is 19.5 Å². The predicted octanol–water partition coefficient (Wildman–Crippen LogP) is 1.64. The summed E-state index contributed by atoms with van der Waals surface area (Å²) in [5.41, 5.74) is 4.80. The van der Waals surface area contributed by atoms with Gasteiger partial charge in [0.15, 0.2) is 5.71 Å². The third-order valence-electron chi connectivity index (χ3n) is 4.35. The molecule has 0 atom stereocenters. The molecule has 9 nitrogen and oxygen atoms in total. The summed E-state index contributed by atoms with van der Waals surface area (Å²) in [4.78, 5) is 37.2. The topological polar surface area (TPSA) is 128 Å². The second-order valence-electron chi connectivity index (χ2n) is 6.24. The third kappa shape index (κ3) is 3.48. The second kappa shape index (κ2) is 7.39. The minimum atomic E-state index is -1.15. The number of hydrazone groups is 1. The van der Waals surface area contributed by atoms with Crippen LogP contribution in [0.3, 0.4) is 0 Å². The van der Waals surface area contributed by atoms with Crippen LogP contribution in [0.2, 0.25) is 0 Å². The number of aromatic amines is 1.